The number of piperazine rings is 1. The molecule has 39 heavy (non-hydrogen) atoms. The Kier molecular flexibility index (Phi) is 7.39. The number of benzene rings is 2. The fourth-order valence-electron chi connectivity index (χ4n) is 6.10. The minimum atomic E-state index is -0.923. The van der Waals surface area contributed by atoms with Gasteiger partial charge in [0, 0.05) is 61.5 Å². The first-order valence-electron chi connectivity index (χ1n) is 13.8. The third-order valence-electron chi connectivity index (χ3n) is 8.57. The number of hydrogen-bond acceptors (Lipinski definition) is 5. The van der Waals surface area contributed by atoms with E-state index in [4.69, 9.17) is 0 Å². The Morgan fingerprint density at radius 1 is 1.15 bits per heavy atom. The fraction of sp³-hybridized carbons (Fsp3) is 0.484. The standard InChI is InChI=1S/C31H39FN4O3/c1-19-14-35(30(39)21(19)3)16-25-13-33-20(2)15-34(25)17-28(37)36-18-31(4,5)26-11-8-23(12-27(26)36)29(38)22-6-9-24(32)10-7-22/h6-12,20,25,29,33,38H,13-18H2,1-5H3/t20-,25-,29-/m1/s1. The summed E-state index contributed by atoms with van der Waals surface area (Å²) in [4.78, 5) is 32.5. The van der Waals surface area contributed by atoms with Crippen LogP contribution in [0.25, 0.3) is 0 Å². The van der Waals surface area contributed by atoms with Gasteiger partial charge in [0.2, 0.25) is 11.8 Å². The largest absolute Gasteiger partial charge is 0.384 e. The van der Waals surface area contributed by atoms with Crippen LogP contribution in [0.5, 0.6) is 0 Å². The van der Waals surface area contributed by atoms with Gasteiger partial charge in [0.05, 0.1) is 6.54 Å². The molecule has 2 aromatic rings. The summed E-state index contributed by atoms with van der Waals surface area (Å²) < 4.78 is 13.4. The number of hydrogen-bond donors (Lipinski definition) is 2. The van der Waals surface area contributed by atoms with E-state index in [1.165, 1.54) is 12.1 Å². The predicted molar refractivity (Wildman–Crippen MR) is 150 cm³/mol. The number of aliphatic hydroxyl groups excluding tert-OH is 1. The molecule has 1 saturated heterocycles. The summed E-state index contributed by atoms with van der Waals surface area (Å²) in [6.07, 6.45) is -0.923. The molecule has 3 heterocycles. The molecule has 0 saturated carbocycles. The van der Waals surface area contributed by atoms with Gasteiger partial charge in [-0.1, -0.05) is 38.1 Å². The second kappa shape index (κ2) is 10.5. The number of carbonyl (C=O) groups is 2. The first-order valence-corrected chi connectivity index (χ1v) is 13.8. The maximum absolute atomic E-state index is 13.9. The molecule has 0 aromatic heterocycles. The highest BCUT2D eigenvalue weighted by Crippen LogP contribution is 2.42. The molecule has 208 valence electrons. The van der Waals surface area contributed by atoms with Crippen LogP contribution >= 0.6 is 0 Å². The van der Waals surface area contributed by atoms with Crippen LogP contribution in [0.2, 0.25) is 0 Å². The molecule has 5 rings (SSSR count). The van der Waals surface area contributed by atoms with Gasteiger partial charge in [-0.15, -0.1) is 0 Å². The van der Waals surface area contributed by atoms with Crippen LogP contribution in [0.15, 0.2) is 53.6 Å². The molecule has 3 aliphatic heterocycles. The van der Waals surface area contributed by atoms with Gasteiger partial charge in [0.25, 0.3) is 0 Å². The number of amides is 2. The van der Waals surface area contributed by atoms with E-state index < -0.39 is 6.10 Å². The van der Waals surface area contributed by atoms with Gasteiger partial charge in [0.15, 0.2) is 0 Å². The molecule has 8 heteroatoms. The minimum Gasteiger partial charge on any atom is -0.384 e. The molecule has 0 bridgehead atoms. The lowest BCUT2D eigenvalue weighted by atomic mass is 9.86. The average Bonchev–Trinajstić information content (AvgIpc) is 3.31. The van der Waals surface area contributed by atoms with Crippen LogP contribution in [-0.2, 0) is 15.0 Å². The summed E-state index contributed by atoms with van der Waals surface area (Å²) >= 11 is 0. The van der Waals surface area contributed by atoms with Crippen LogP contribution in [0, 0.1) is 5.82 Å². The summed E-state index contributed by atoms with van der Waals surface area (Å²) in [5, 5.41) is 14.5. The van der Waals surface area contributed by atoms with Crippen molar-refractivity contribution in [3.8, 4) is 0 Å². The summed E-state index contributed by atoms with van der Waals surface area (Å²) in [7, 11) is 0. The van der Waals surface area contributed by atoms with E-state index in [9.17, 15) is 19.1 Å². The van der Waals surface area contributed by atoms with Gasteiger partial charge >= 0.3 is 0 Å². The Bertz CT molecular complexity index is 1310. The highest BCUT2D eigenvalue weighted by atomic mass is 19.1. The topological polar surface area (TPSA) is 76.1 Å². The quantitative estimate of drug-likeness (QED) is 0.595. The number of aliphatic hydroxyl groups is 1. The number of carbonyl (C=O) groups excluding carboxylic acids is 2. The lowest BCUT2D eigenvalue weighted by Crippen LogP contribution is -2.61. The number of nitrogens with zero attached hydrogens (tertiary/aromatic N) is 3. The molecule has 0 spiro atoms. The minimum absolute atomic E-state index is 0.00702. The molecule has 0 unspecified atom stereocenters. The van der Waals surface area contributed by atoms with Gasteiger partial charge in [-0.25, -0.2) is 4.39 Å². The van der Waals surface area contributed by atoms with Gasteiger partial charge in [-0.3, -0.25) is 14.5 Å². The molecule has 1 fully saturated rings. The summed E-state index contributed by atoms with van der Waals surface area (Å²) in [6, 6.07) is 11.9. The van der Waals surface area contributed by atoms with Crippen molar-refractivity contribution < 1.29 is 19.1 Å². The monoisotopic (exact) mass is 534 g/mol. The zero-order valence-electron chi connectivity index (χ0n) is 23.5. The maximum atomic E-state index is 13.9. The number of rotatable bonds is 6. The third-order valence-corrected chi connectivity index (χ3v) is 8.57. The lowest BCUT2D eigenvalue weighted by molar-refractivity contribution is -0.126. The van der Waals surface area contributed by atoms with E-state index in [1.54, 1.807) is 12.1 Å². The molecule has 7 nitrogen and oxygen atoms in total. The van der Waals surface area contributed by atoms with E-state index >= 15 is 0 Å². The number of halogens is 1. The first-order chi connectivity index (χ1) is 18.4. The fourth-order valence-corrected chi connectivity index (χ4v) is 6.10. The number of anilines is 1. The van der Waals surface area contributed by atoms with E-state index in [0.29, 0.717) is 37.3 Å². The summed E-state index contributed by atoms with van der Waals surface area (Å²) in [5.41, 5.74) is 4.84. The SMILES string of the molecule is CC1=C(C)C(=O)N(C[C@H]2CN[C@H](C)CN2CC(=O)N2CC(C)(C)c3ccc([C@H](O)c4ccc(F)cc4)cc32)C1. The summed E-state index contributed by atoms with van der Waals surface area (Å²) in [6.45, 7) is 13.7. The molecule has 0 aliphatic carbocycles. The molecule has 3 aliphatic rings. The van der Waals surface area contributed by atoms with Crippen molar-refractivity contribution in [1.29, 1.82) is 0 Å². The summed E-state index contributed by atoms with van der Waals surface area (Å²) in [5.74, 6) is -0.262. The zero-order chi connectivity index (χ0) is 28.1. The normalized spacial score (nSPS) is 23.9. The van der Waals surface area contributed by atoms with Crippen molar-refractivity contribution >= 4 is 17.5 Å². The predicted octanol–water partition coefficient (Wildman–Crippen LogP) is 3.37. The Balaban J connectivity index is 1.36. The maximum Gasteiger partial charge on any atom is 0.249 e. The molecular weight excluding hydrogens is 495 g/mol. The zero-order valence-corrected chi connectivity index (χ0v) is 23.5. The molecule has 2 amide bonds. The van der Waals surface area contributed by atoms with Crippen LogP contribution in [-0.4, -0.2) is 78.1 Å². The molecule has 0 radical (unpaired) electrons. The van der Waals surface area contributed by atoms with Crippen molar-refractivity contribution in [2.24, 2.45) is 0 Å². The Morgan fingerprint density at radius 3 is 2.51 bits per heavy atom. The second-order valence-electron chi connectivity index (χ2n) is 12.1. The van der Waals surface area contributed by atoms with Gasteiger partial charge in [0.1, 0.15) is 11.9 Å². The Labute approximate surface area is 230 Å². The van der Waals surface area contributed by atoms with E-state index in [2.05, 4.69) is 31.0 Å². The van der Waals surface area contributed by atoms with Crippen molar-refractivity contribution in [3.05, 3.63) is 76.1 Å². The van der Waals surface area contributed by atoms with Crippen LogP contribution < -0.4 is 10.2 Å². The van der Waals surface area contributed by atoms with Crippen molar-refractivity contribution in [2.75, 3.05) is 44.2 Å². The molecular formula is C31H39FN4O3. The first kappa shape index (κ1) is 27.5. The lowest BCUT2D eigenvalue weighted by Gasteiger charge is -2.41. The van der Waals surface area contributed by atoms with Gasteiger partial charge < -0.3 is 20.2 Å². The highest BCUT2D eigenvalue weighted by molar-refractivity contribution is 5.98. The van der Waals surface area contributed by atoms with Crippen LogP contribution in [0.3, 0.4) is 0 Å². The number of fused-ring (bicyclic) bond motifs is 1. The third kappa shape index (κ3) is 5.38. The Morgan fingerprint density at radius 2 is 1.85 bits per heavy atom. The van der Waals surface area contributed by atoms with Crippen molar-refractivity contribution in [2.45, 2.75) is 58.2 Å². The Hall–Kier alpha value is -3.07. The average molecular weight is 535 g/mol. The highest BCUT2D eigenvalue weighted by Gasteiger charge is 2.40. The van der Waals surface area contributed by atoms with Crippen molar-refractivity contribution in [3.63, 3.8) is 0 Å². The van der Waals surface area contributed by atoms with Gasteiger partial charge in [-0.05, 0) is 61.2 Å². The van der Waals surface area contributed by atoms with E-state index in [0.717, 1.165) is 28.9 Å². The molecule has 3 atom stereocenters. The number of nitrogens with one attached hydrogen (secondary N) is 1. The molecule has 2 aromatic carbocycles. The second-order valence-corrected chi connectivity index (χ2v) is 12.1. The smallest absolute Gasteiger partial charge is 0.249 e. The van der Waals surface area contributed by atoms with E-state index in [1.807, 2.05) is 41.8 Å². The van der Waals surface area contributed by atoms with Crippen LogP contribution in [0.1, 0.15) is 57.4 Å². The van der Waals surface area contributed by atoms with Crippen LogP contribution in [0.4, 0.5) is 10.1 Å². The van der Waals surface area contributed by atoms with Crippen molar-refractivity contribution in [1.82, 2.24) is 15.1 Å². The van der Waals surface area contributed by atoms with Gasteiger partial charge in [-0.2, -0.15) is 0 Å². The van der Waals surface area contributed by atoms with E-state index in [-0.39, 0.29) is 41.7 Å². The molecule has 2 N–H and O–H groups in total.